The van der Waals surface area contributed by atoms with Crippen molar-refractivity contribution in [2.24, 2.45) is 11.8 Å². The predicted molar refractivity (Wildman–Crippen MR) is 156 cm³/mol. The minimum atomic E-state index is -1.31. The Hall–Kier alpha value is -2.98. The summed E-state index contributed by atoms with van der Waals surface area (Å²) < 4.78 is 0. The van der Waals surface area contributed by atoms with E-state index < -0.39 is 48.1 Å². The van der Waals surface area contributed by atoms with E-state index in [0.717, 1.165) is 12.8 Å². The van der Waals surface area contributed by atoms with Crippen molar-refractivity contribution in [3.63, 3.8) is 0 Å². The third-order valence-electron chi connectivity index (χ3n) is 6.58. The molecule has 1 aliphatic rings. The first-order valence-electron chi connectivity index (χ1n) is 14.5. The van der Waals surface area contributed by atoms with E-state index >= 15 is 0 Å². The van der Waals surface area contributed by atoms with Crippen LogP contribution in [0.3, 0.4) is 0 Å². The van der Waals surface area contributed by atoms with Crippen molar-refractivity contribution in [2.45, 2.75) is 110 Å². The Morgan fingerprint density at radius 3 is 2.52 bits per heavy atom. The first-order chi connectivity index (χ1) is 18.9. The maximum atomic E-state index is 13.2. The molecule has 1 aliphatic heterocycles. The lowest BCUT2D eigenvalue weighted by atomic mass is 9.97. The maximum absolute atomic E-state index is 13.2. The first-order valence-corrected chi connectivity index (χ1v) is 14.5. The van der Waals surface area contributed by atoms with E-state index in [1.54, 1.807) is 32.9 Å². The van der Waals surface area contributed by atoms with Gasteiger partial charge in [-0.05, 0) is 38.0 Å². The molecule has 1 rings (SSSR count). The first kappa shape index (κ1) is 35.0. The minimum absolute atomic E-state index is 0.107. The molecule has 0 radical (unpaired) electrons. The van der Waals surface area contributed by atoms with Gasteiger partial charge < -0.3 is 31.5 Å². The van der Waals surface area contributed by atoms with Gasteiger partial charge in [-0.1, -0.05) is 71.3 Å². The van der Waals surface area contributed by atoms with E-state index in [1.165, 1.54) is 37.5 Å². The van der Waals surface area contributed by atoms with Gasteiger partial charge in [0, 0.05) is 31.2 Å². The fraction of sp³-hybridized carbons (Fsp3) is 0.667. The minimum Gasteiger partial charge on any atom is -0.393 e. The fourth-order valence-corrected chi connectivity index (χ4v) is 4.11. The quantitative estimate of drug-likeness (QED) is 0.115. The lowest BCUT2D eigenvalue weighted by Crippen LogP contribution is -2.59. The zero-order valence-corrected chi connectivity index (χ0v) is 24.7. The van der Waals surface area contributed by atoms with E-state index in [-0.39, 0.29) is 31.2 Å². The smallest absolute Gasteiger partial charge is 0.245 e. The van der Waals surface area contributed by atoms with Crippen molar-refractivity contribution in [1.29, 1.82) is 0 Å². The standard InChI is InChI=1S/C30H50N4O6/c1-20(2)13-11-9-7-6-8-10-12-14-26(37)34-27(28(38)21(3)4)30(40)33-24-19-23(35)17-18-31-25(36)16-15-22(5)32-29(24)39/h8,10,12,14-16,20-24,27-28,35,38H,6-7,9,11,13,17-19H2,1-5H3,(H,31,36)(H,32,39)(H,33,40)(H,34,37)/b10-8+,14-12+,16-15-/t22-,23-,24-,27-,28+/m0/s1. The summed E-state index contributed by atoms with van der Waals surface area (Å²) in [4.78, 5) is 50.5. The van der Waals surface area contributed by atoms with Crippen LogP contribution in [0.5, 0.6) is 0 Å². The van der Waals surface area contributed by atoms with E-state index in [4.69, 9.17) is 0 Å². The average molecular weight is 563 g/mol. The van der Waals surface area contributed by atoms with Gasteiger partial charge in [0.05, 0.1) is 12.2 Å². The Bertz CT molecular complexity index is 899. The van der Waals surface area contributed by atoms with Crippen LogP contribution in [-0.4, -0.2) is 70.7 Å². The Balaban J connectivity index is 2.83. The highest BCUT2D eigenvalue weighted by Crippen LogP contribution is 2.11. The second-order valence-electron chi connectivity index (χ2n) is 11.2. The monoisotopic (exact) mass is 562 g/mol. The van der Waals surface area contributed by atoms with Gasteiger partial charge in [-0.2, -0.15) is 0 Å². The van der Waals surface area contributed by atoms with Crippen LogP contribution >= 0.6 is 0 Å². The van der Waals surface area contributed by atoms with Crippen molar-refractivity contribution in [1.82, 2.24) is 21.3 Å². The molecular weight excluding hydrogens is 512 g/mol. The van der Waals surface area contributed by atoms with Gasteiger partial charge in [0.1, 0.15) is 12.1 Å². The molecule has 10 heteroatoms. The molecule has 226 valence electrons. The molecule has 0 saturated carbocycles. The SMILES string of the molecule is CC(C)CCCCC/C=C/C=C/C(=O)N[C@H](C(=O)N[C@H]1C[C@@H](O)CCNC(=O)/C=C\[C@H](C)NC1=O)[C@H](O)C(C)C. The van der Waals surface area contributed by atoms with Crippen molar-refractivity contribution in [2.75, 3.05) is 6.54 Å². The van der Waals surface area contributed by atoms with Gasteiger partial charge in [-0.25, -0.2) is 0 Å². The number of carbonyl (C=O) groups excluding carboxylic acids is 4. The van der Waals surface area contributed by atoms with Crippen LogP contribution in [0.25, 0.3) is 0 Å². The van der Waals surface area contributed by atoms with E-state index in [9.17, 15) is 29.4 Å². The molecule has 40 heavy (non-hydrogen) atoms. The highest BCUT2D eigenvalue weighted by molar-refractivity contribution is 5.95. The maximum Gasteiger partial charge on any atom is 0.245 e. The largest absolute Gasteiger partial charge is 0.393 e. The molecule has 0 fully saturated rings. The molecule has 1 heterocycles. The van der Waals surface area contributed by atoms with Gasteiger partial charge in [0.15, 0.2) is 0 Å². The van der Waals surface area contributed by atoms with Crippen LogP contribution in [-0.2, 0) is 19.2 Å². The van der Waals surface area contributed by atoms with Crippen LogP contribution < -0.4 is 21.3 Å². The molecule has 0 saturated heterocycles. The molecule has 10 nitrogen and oxygen atoms in total. The number of carbonyl (C=O) groups is 4. The molecule has 0 spiro atoms. The Morgan fingerprint density at radius 2 is 1.85 bits per heavy atom. The molecule has 0 aromatic heterocycles. The zero-order chi connectivity index (χ0) is 30.1. The summed E-state index contributed by atoms with van der Waals surface area (Å²) in [5, 5.41) is 31.6. The van der Waals surface area contributed by atoms with Crippen LogP contribution in [0.2, 0.25) is 0 Å². The second-order valence-corrected chi connectivity index (χ2v) is 11.2. The van der Waals surface area contributed by atoms with Gasteiger partial charge >= 0.3 is 0 Å². The van der Waals surface area contributed by atoms with E-state index in [1.807, 2.05) is 6.08 Å². The number of rotatable bonds is 13. The predicted octanol–water partition coefficient (Wildman–Crippen LogP) is 2.02. The van der Waals surface area contributed by atoms with Gasteiger partial charge in [-0.3, -0.25) is 19.2 Å². The third-order valence-corrected chi connectivity index (χ3v) is 6.58. The lowest BCUT2D eigenvalue weighted by Gasteiger charge is -2.29. The number of unbranched alkanes of at least 4 members (excludes halogenated alkanes) is 3. The summed E-state index contributed by atoms with van der Waals surface area (Å²) in [7, 11) is 0. The summed E-state index contributed by atoms with van der Waals surface area (Å²) in [6, 6.07) is -2.94. The van der Waals surface area contributed by atoms with Crippen LogP contribution in [0.15, 0.2) is 36.5 Å². The number of hydrogen-bond acceptors (Lipinski definition) is 6. The van der Waals surface area contributed by atoms with Gasteiger partial charge in [-0.15, -0.1) is 0 Å². The Morgan fingerprint density at radius 1 is 1.12 bits per heavy atom. The molecule has 0 bridgehead atoms. The number of allylic oxidation sites excluding steroid dienone is 3. The average Bonchev–Trinajstić information content (AvgIpc) is 2.87. The van der Waals surface area contributed by atoms with E-state index in [0.29, 0.717) is 5.92 Å². The highest BCUT2D eigenvalue weighted by Gasteiger charge is 2.34. The zero-order valence-electron chi connectivity index (χ0n) is 24.7. The third kappa shape index (κ3) is 15.0. The van der Waals surface area contributed by atoms with Crippen LogP contribution in [0, 0.1) is 11.8 Å². The molecular formula is C30H50N4O6. The number of nitrogens with one attached hydrogen (secondary N) is 4. The fourth-order valence-electron chi connectivity index (χ4n) is 4.11. The van der Waals surface area contributed by atoms with Crippen molar-refractivity contribution < 1.29 is 29.4 Å². The molecule has 6 N–H and O–H groups in total. The lowest BCUT2D eigenvalue weighted by molar-refractivity contribution is -0.135. The summed E-state index contributed by atoms with van der Waals surface area (Å²) in [6.07, 6.45) is 12.9. The summed E-state index contributed by atoms with van der Waals surface area (Å²) >= 11 is 0. The van der Waals surface area contributed by atoms with E-state index in [2.05, 4.69) is 35.1 Å². The van der Waals surface area contributed by atoms with Gasteiger partial charge in [0.25, 0.3) is 0 Å². The van der Waals surface area contributed by atoms with Crippen LogP contribution in [0.4, 0.5) is 0 Å². The Kier molecular flexibility index (Phi) is 16.8. The van der Waals surface area contributed by atoms with Crippen molar-refractivity contribution in [3.05, 3.63) is 36.5 Å². The second kappa shape index (κ2) is 19.2. The summed E-state index contributed by atoms with van der Waals surface area (Å²) in [6.45, 7) is 9.73. The number of aliphatic hydroxyl groups is 2. The number of aliphatic hydroxyl groups excluding tert-OH is 2. The normalized spacial score (nSPS) is 23.3. The number of hydrogen-bond donors (Lipinski definition) is 6. The summed E-state index contributed by atoms with van der Waals surface area (Å²) in [5.74, 6) is -1.83. The molecule has 0 aromatic carbocycles. The molecule has 0 aromatic rings. The van der Waals surface area contributed by atoms with Crippen LogP contribution in [0.1, 0.15) is 79.6 Å². The van der Waals surface area contributed by atoms with Gasteiger partial charge in [0.2, 0.25) is 23.6 Å². The number of amides is 4. The highest BCUT2D eigenvalue weighted by atomic mass is 16.3. The molecule has 0 aliphatic carbocycles. The molecule has 5 atom stereocenters. The molecule has 4 amide bonds. The van der Waals surface area contributed by atoms with Crippen molar-refractivity contribution >= 4 is 23.6 Å². The summed E-state index contributed by atoms with van der Waals surface area (Å²) in [5.41, 5.74) is 0. The Labute approximate surface area is 239 Å². The van der Waals surface area contributed by atoms with Crippen molar-refractivity contribution in [3.8, 4) is 0 Å². The topological polar surface area (TPSA) is 157 Å². The molecule has 0 unspecified atom stereocenters.